The van der Waals surface area contributed by atoms with E-state index in [-0.39, 0.29) is 41.9 Å². The number of ether oxygens (including phenoxy) is 3. The summed E-state index contributed by atoms with van der Waals surface area (Å²) in [5.41, 5.74) is 0.539. The second kappa shape index (κ2) is 12.4. The molecule has 1 aliphatic heterocycles. The number of terminal acetylenes is 1. The van der Waals surface area contributed by atoms with Gasteiger partial charge in [0.25, 0.3) is 0 Å². The van der Waals surface area contributed by atoms with E-state index in [2.05, 4.69) is 26.8 Å². The number of rotatable bonds is 9. The topological polar surface area (TPSA) is 94.4 Å². The van der Waals surface area contributed by atoms with Crippen LogP contribution >= 0.6 is 27.7 Å². The Morgan fingerprint density at radius 3 is 2.62 bits per heavy atom. The van der Waals surface area contributed by atoms with Crippen LogP contribution in [-0.2, 0) is 14.3 Å². The van der Waals surface area contributed by atoms with E-state index in [4.69, 9.17) is 20.6 Å². The van der Waals surface area contributed by atoms with Crippen LogP contribution in [0.5, 0.6) is 11.5 Å². The molecule has 32 heavy (non-hydrogen) atoms. The predicted molar refractivity (Wildman–Crippen MR) is 129 cm³/mol. The highest BCUT2D eigenvalue weighted by atomic mass is 79.9. The maximum atomic E-state index is 12.4. The number of aliphatic hydroxyl groups is 1. The third kappa shape index (κ3) is 6.40. The Hall–Kier alpha value is -2.70. The number of aliphatic imine (C=N–C) groups is 1. The zero-order chi connectivity index (χ0) is 23.7. The quantitative estimate of drug-likeness (QED) is 0.358. The Bertz CT molecular complexity index is 1020. The largest absolute Gasteiger partial charge is 0.506 e. The lowest BCUT2D eigenvalue weighted by Gasteiger charge is -2.13. The summed E-state index contributed by atoms with van der Waals surface area (Å²) in [5.74, 6) is 1.93. The van der Waals surface area contributed by atoms with Crippen LogP contribution in [0.25, 0.3) is 6.08 Å². The molecular formula is C23H24BrNO6S. The average molecular weight is 522 g/mol. The molecule has 170 valence electrons. The third-order valence-electron chi connectivity index (χ3n) is 3.99. The fraction of sp³-hybridized carbons (Fsp3) is 0.348. The van der Waals surface area contributed by atoms with Crippen molar-refractivity contribution < 1.29 is 28.9 Å². The van der Waals surface area contributed by atoms with Gasteiger partial charge in [-0.2, -0.15) is 0 Å². The number of hydrogen-bond acceptors (Lipinski definition) is 7. The van der Waals surface area contributed by atoms with Crippen molar-refractivity contribution in [2.45, 2.75) is 33.6 Å². The van der Waals surface area contributed by atoms with Crippen LogP contribution in [-0.4, -0.2) is 41.8 Å². The number of carbonyl (C=O) groups excluding carboxylic acids is 2. The van der Waals surface area contributed by atoms with Gasteiger partial charge >= 0.3 is 5.97 Å². The molecule has 0 radical (unpaired) electrons. The molecule has 1 aromatic rings. The highest BCUT2D eigenvalue weighted by molar-refractivity contribution is 9.10. The molecule has 2 rings (SSSR count). The fourth-order valence-corrected chi connectivity index (χ4v) is 4.32. The number of amides is 1. The normalized spacial score (nSPS) is 15.7. The molecule has 0 aliphatic carbocycles. The van der Waals surface area contributed by atoms with Crippen LogP contribution in [0, 0.1) is 12.3 Å². The van der Waals surface area contributed by atoms with Gasteiger partial charge in [-0.3, -0.25) is 4.79 Å². The molecule has 0 atom stereocenters. The van der Waals surface area contributed by atoms with Gasteiger partial charge in [-0.1, -0.05) is 24.6 Å². The molecule has 0 aromatic heterocycles. The Labute approximate surface area is 200 Å². The molecule has 0 bridgehead atoms. The Kier molecular flexibility index (Phi) is 9.88. The first-order valence-corrected chi connectivity index (χ1v) is 11.6. The van der Waals surface area contributed by atoms with Crippen molar-refractivity contribution in [1.82, 2.24) is 0 Å². The van der Waals surface area contributed by atoms with Crippen LogP contribution in [0.4, 0.5) is 0 Å². The lowest BCUT2D eigenvalue weighted by Crippen LogP contribution is -2.14. The number of aliphatic hydroxyl groups excluding tert-OH is 1. The molecule has 9 heteroatoms. The van der Waals surface area contributed by atoms with Gasteiger partial charge in [-0.15, -0.1) is 6.42 Å². The fourth-order valence-electron chi connectivity index (χ4n) is 2.71. The lowest BCUT2D eigenvalue weighted by molar-refractivity contribution is -0.138. The summed E-state index contributed by atoms with van der Waals surface area (Å²) in [6.45, 7) is 5.96. The van der Waals surface area contributed by atoms with Crippen LogP contribution in [0.3, 0.4) is 0 Å². The van der Waals surface area contributed by atoms with Crippen molar-refractivity contribution in [3.63, 3.8) is 0 Å². The molecule has 1 aromatic carbocycles. The van der Waals surface area contributed by atoms with Crippen molar-refractivity contribution in [3.05, 3.63) is 38.4 Å². The van der Waals surface area contributed by atoms with Crippen LogP contribution in [0.15, 0.2) is 37.8 Å². The molecule has 0 spiro atoms. The molecule has 0 fully saturated rings. The smallest absolute Gasteiger partial charge is 0.344 e. The molecule has 0 saturated heterocycles. The summed E-state index contributed by atoms with van der Waals surface area (Å²) in [4.78, 5) is 28.8. The van der Waals surface area contributed by atoms with Gasteiger partial charge in [-0.05, 0) is 60.0 Å². The summed E-state index contributed by atoms with van der Waals surface area (Å²) in [7, 11) is 0. The van der Waals surface area contributed by atoms with Crippen LogP contribution in [0.1, 0.15) is 39.2 Å². The monoisotopic (exact) mass is 521 g/mol. The highest BCUT2D eigenvalue weighted by Gasteiger charge is 2.33. The Balaban J connectivity index is 2.51. The molecule has 0 saturated carbocycles. The number of carbonyl (C=O) groups is 2. The number of halogens is 1. The van der Waals surface area contributed by atoms with E-state index in [1.807, 2.05) is 13.8 Å². The lowest BCUT2D eigenvalue weighted by atomic mass is 10.1. The minimum atomic E-state index is -0.738. The van der Waals surface area contributed by atoms with Crippen molar-refractivity contribution >= 4 is 50.7 Å². The Morgan fingerprint density at radius 1 is 1.25 bits per heavy atom. The molecule has 1 N–H and O–H groups in total. The minimum absolute atomic E-state index is 0.0764. The number of nitrogens with zero attached hydrogens (tertiary/aromatic N) is 1. The number of hydrogen-bond donors (Lipinski definition) is 1. The zero-order valence-electron chi connectivity index (χ0n) is 18.1. The molecule has 1 amide bonds. The zero-order valence-corrected chi connectivity index (χ0v) is 20.5. The molecule has 1 heterocycles. The van der Waals surface area contributed by atoms with Gasteiger partial charge in [0.1, 0.15) is 23.0 Å². The van der Waals surface area contributed by atoms with Gasteiger partial charge in [0.2, 0.25) is 5.91 Å². The number of esters is 1. The van der Waals surface area contributed by atoms with Crippen LogP contribution in [0.2, 0.25) is 0 Å². The first-order valence-electron chi connectivity index (χ1n) is 10.0. The van der Waals surface area contributed by atoms with E-state index in [9.17, 15) is 14.7 Å². The summed E-state index contributed by atoms with van der Waals surface area (Å²) >= 11 is 4.48. The van der Waals surface area contributed by atoms with E-state index in [0.717, 1.165) is 11.8 Å². The maximum Gasteiger partial charge on any atom is 0.344 e. The van der Waals surface area contributed by atoms with Gasteiger partial charge in [0.05, 0.1) is 22.6 Å². The van der Waals surface area contributed by atoms with Crippen molar-refractivity contribution in [2.24, 2.45) is 4.99 Å². The van der Waals surface area contributed by atoms with Crippen LogP contribution < -0.4 is 9.47 Å². The first kappa shape index (κ1) is 25.6. The van der Waals surface area contributed by atoms with E-state index in [1.54, 1.807) is 25.1 Å². The second-order valence-corrected chi connectivity index (χ2v) is 8.26. The van der Waals surface area contributed by atoms with Crippen molar-refractivity contribution in [1.29, 1.82) is 0 Å². The summed E-state index contributed by atoms with van der Waals surface area (Å²) in [6.07, 6.45) is 7.80. The maximum absolute atomic E-state index is 12.4. The third-order valence-corrected chi connectivity index (χ3v) is 5.60. The van der Waals surface area contributed by atoms with Crippen molar-refractivity contribution in [2.75, 3.05) is 19.8 Å². The van der Waals surface area contributed by atoms with Gasteiger partial charge in [0.15, 0.2) is 11.5 Å². The second-order valence-electron chi connectivity index (χ2n) is 6.37. The van der Waals surface area contributed by atoms with Gasteiger partial charge in [-0.25, -0.2) is 9.79 Å². The molecule has 0 unspecified atom stereocenters. The summed E-state index contributed by atoms with van der Waals surface area (Å²) in [5, 5.41) is 10.9. The molecule has 7 nitrogen and oxygen atoms in total. The average Bonchev–Trinajstić information content (AvgIpc) is 3.02. The first-order chi connectivity index (χ1) is 15.4. The Morgan fingerprint density at radius 2 is 2.00 bits per heavy atom. The summed E-state index contributed by atoms with van der Waals surface area (Å²) in [6, 6.07) is 3.49. The van der Waals surface area contributed by atoms with E-state index in [1.165, 1.54) is 0 Å². The van der Waals surface area contributed by atoms with E-state index >= 15 is 0 Å². The van der Waals surface area contributed by atoms with Gasteiger partial charge in [0, 0.05) is 6.42 Å². The highest BCUT2D eigenvalue weighted by Crippen LogP contribution is 2.42. The molecular weight excluding hydrogens is 498 g/mol. The van der Waals surface area contributed by atoms with Crippen molar-refractivity contribution in [3.8, 4) is 23.8 Å². The van der Waals surface area contributed by atoms with Gasteiger partial charge < -0.3 is 19.3 Å². The molecule has 1 aliphatic rings. The summed E-state index contributed by atoms with van der Waals surface area (Å²) < 4.78 is 16.9. The SMILES string of the molecule is C#CCOc1c(Br)cc(/C=C2\SC(=NC(=O)CCC)C(C(=O)OCC)=C2O)cc1OCC. The predicted octanol–water partition coefficient (Wildman–Crippen LogP) is 5.05. The van der Waals surface area contributed by atoms with E-state index < -0.39 is 5.97 Å². The minimum Gasteiger partial charge on any atom is -0.506 e. The number of benzene rings is 1. The standard InChI is InChI=1S/C23H24BrNO6S/c1-5-9-18(26)25-22-19(23(28)30-8-4)20(27)17(32-22)13-14-11-15(24)21(31-10-6-2)16(12-14)29-7-3/h2,11-13,27H,5,7-10H2,1,3-4H3/b17-13-,25-22?. The number of thioether (sulfide) groups is 1. The van der Waals surface area contributed by atoms with E-state index in [0.29, 0.717) is 39.5 Å².